The molecule has 2 aromatic rings. The minimum Gasteiger partial charge on any atom is -0.493 e. The number of rotatable bonds is 8. The van der Waals surface area contributed by atoms with Crippen LogP contribution in [0.4, 0.5) is 0 Å². The highest BCUT2D eigenvalue weighted by atomic mass is 16.5. The van der Waals surface area contributed by atoms with Crippen LogP contribution in [0, 0.1) is 0 Å². The van der Waals surface area contributed by atoms with Gasteiger partial charge in [0.1, 0.15) is 0 Å². The fourth-order valence-corrected chi connectivity index (χ4v) is 2.02. The predicted octanol–water partition coefficient (Wildman–Crippen LogP) is 2.80. The Bertz CT molecular complexity index is 652. The summed E-state index contributed by atoms with van der Waals surface area (Å²) in [6.07, 6.45) is 4.41. The van der Waals surface area contributed by atoms with E-state index in [9.17, 15) is 0 Å². The Morgan fingerprint density at radius 1 is 1.30 bits per heavy atom. The maximum Gasteiger partial charge on any atom is 0.250 e. The van der Waals surface area contributed by atoms with Gasteiger partial charge in [-0.2, -0.15) is 4.98 Å². The molecule has 0 aliphatic rings. The fraction of sp³-hybridized carbons (Fsp3) is 0.412. The van der Waals surface area contributed by atoms with Crippen molar-refractivity contribution in [2.75, 3.05) is 20.8 Å². The normalized spacial score (nSPS) is 12.5. The summed E-state index contributed by atoms with van der Waals surface area (Å²) in [5.74, 6) is 2.60. The van der Waals surface area contributed by atoms with Gasteiger partial charge in [-0.05, 0) is 44.7 Å². The topological polar surface area (TPSA) is 69.4 Å². The van der Waals surface area contributed by atoms with Crippen molar-refractivity contribution in [3.05, 3.63) is 35.5 Å². The zero-order chi connectivity index (χ0) is 16.7. The summed E-state index contributed by atoms with van der Waals surface area (Å²) < 4.78 is 16.1. The average molecular weight is 317 g/mol. The molecule has 1 heterocycles. The number of nitrogens with zero attached hydrogens (tertiary/aromatic N) is 2. The van der Waals surface area contributed by atoms with Gasteiger partial charge in [0.2, 0.25) is 0 Å². The highest BCUT2D eigenvalue weighted by Gasteiger charge is 2.08. The first-order valence-corrected chi connectivity index (χ1v) is 7.65. The molecule has 0 spiro atoms. The summed E-state index contributed by atoms with van der Waals surface area (Å²) in [7, 11) is 3.53. The van der Waals surface area contributed by atoms with E-state index in [1.807, 2.05) is 38.2 Å². The lowest BCUT2D eigenvalue weighted by atomic mass is 10.2. The van der Waals surface area contributed by atoms with Crippen LogP contribution in [0.3, 0.4) is 0 Å². The standard InChI is InChI=1S/C17H23N3O3/c1-5-22-14-8-6-13(11-15(14)21-4)7-9-17-19-16(20-23-17)10-12(2)18-3/h6-9,11-12,18H,5,10H2,1-4H3/b9-7+. The van der Waals surface area contributed by atoms with Crippen LogP contribution in [0.15, 0.2) is 22.7 Å². The molecule has 1 atom stereocenters. The molecule has 2 rings (SSSR count). The third-order valence-corrected chi connectivity index (χ3v) is 3.37. The van der Waals surface area contributed by atoms with Crippen molar-refractivity contribution in [1.82, 2.24) is 15.5 Å². The van der Waals surface area contributed by atoms with Crippen molar-refractivity contribution in [1.29, 1.82) is 0 Å². The Hall–Kier alpha value is -2.34. The van der Waals surface area contributed by atoms with Crippen molar-refractivity contribution >= 4 is 12.2 Å². The van der Waals surface area contributed by atoms with Crippen molar-refractivity contribution in [3.63, 3.8) is 0 Å². The molecule has 0 radical (unpaired) electrons. The van der Waals surface area contributed by atoms with E-state index >= 15 is 0 Å². The maximum atomic E-state index is 5.50. The third kappa shape index (κ3) is 4.82. The minimum atomic E-state index is 0.305. The number of methoxy groups -OCH3 is 1. The summed E-state index contributed by atoms with van der Waals surface area (Å²) in [4.78, 5) is 4.34. The van der Waals surface area contributed by atoms with Crippen LogP contribution in [-0.2, 0) is 6.42 Å². The Morgan fingerprint density at radius 2 is 2.13 bits per heavy atom. The summed E-state index contributed by atoms with van der Waals surface area (Å²) >= 11 is 0. The van der Waals surface area contributed by atoms with Gasteiger partial charge in [0.15, 0.2) is 17.3 Å². The number of benzene rings is 1. The van der Waals surface area contributed by atoms with Gasteiger partial charge in [-0.3, -0.25) is 0 Å². The maximum absolute atomic E-state index is 5.50. The molecule has 1 unspecified atom stereocenters. The van der Waals surface area contributed by atoms with E-state index in [1.165, 1.54) is 0 Å². The number of aromatic nitrogens is 2. The van der Waals surface area contributed by atoms with Crippen LogP contribution in [0.5, 0.6) is 11.5 Å². The van der Waals surface area contributed by atoms with Gasteiger partial charge in [0.25, 0.3) is 5.89 Å². The number of likely N-dealkylation sites (N-methyl/N-ethyl adjacent to an activating group) is 1. The molecule has 0 amide bonds. The van der Waals surface area contributed by atoms with E-state index in [-0.39, 0.29) is 0 Å². The first kappa shape index (κ1) is 17.0. The SMILES string of the molecule is CCOc1ccc(/C=C/c2nc(CC(C)NC)no2)cc1OC. The Morgan fingerprint density at radius 3 is 2.83 bits per heavy atom. The van der Waals surface area contributed by atoms with Gasteiger partial charge in [0, 0.05) is 18.5 Å². The van der Waals surface area contributed by atoms with Crippen LogP contribution >= 0.6 is 0 Å². The molecule has 6 nitrogen and oxygen atoms in total. The second kappa shape index (κ2) is 8.33. The molecule has 1 aromatic heterocycles. The highest BCUT2D eigenvalue weighted by molar-refractivity contribution is 5.67. The quantitative estimate of drug-likeness (QED) is 0.807. The minimum absolute atomic E-state index is 0.305. The van der Waals surface area contributed by atoms with E-state index in [0.717, 1.165) is 17.7 Å². The van der Waals surface area contributed by atoms with Crippen LogP contribution < -0.4 is 14.8 Å². The number of hydrogen-bond acceptors (Lipinski definition) is 6. The molecule has 6 heteroatoms. The lowest BCUT2D eigenvalue weighted by molar-refractivity contribution is 0.311. The smallest absolute Gasteiger partial charge is 0.250 e. The zero-order valence-corrected chi connectivity index (χ0v) is 14.0. The molecule has 0 aliphatic carbocycles. The van der Waals surface area contributed by atoms with E-state index < -0.39 is 0 Å². The lowest BCUT2D eigenvalue weighted by Crippen LogP contribution is -2.24. The second-order valence-corrected chi connectivity index (χ2v) is 5.12. The van der Waals surface area contributed by atoms with Crippen LogP contribution in [0.2, 0.25) is 0 Å². The van der Waals surface area contributed by atoms with E-state index in [4.69, 9.17) is 14.0 Å². The molecule has 0 aliphatic heterocycles. The van der Waals surface area contributed by atoms with Crippen molar-refractivity contribution in [2.24, 2.45) is 0 Å². The van der Waals surface area contributed by atoms with Gasteiger partial charge in [-0.25, -0.2) is 0 Å². The largest absolute Gasteiger partial charge is 0.493 e. The first-order valence-electron chi connectivity index (χ1n) is 7.65. The molecule has 0 fully saturated rings. The highest BCUT2D eigenvalue weighted by Crippen LogP contribution is 2.28. The Kier molecular flexibility index (Phi) is 6.17. The van der Waals surface area contributed by atoms with Gasteiger partial charge in [0.05, 0.1) is 13.7 Å². The van der Waals surface area contributed by atoms with Crippen molar-refractivity contribution < 1.29 is 14.0 Å². The number of ether oxygens (including phenoxy) is 2. The van der Waals surface area contributed by atoms with Gasteiger partial charge >= 0.3 is 0 Å². The van der Waals surface area contributed by atoms with Crippen molar-refractivity contribution in [3.8, 4) is 11.5 Å². The molecule has 23 heavy (non-hydrogen) atoms. The van der Waals surface area contributed by atoms with E-state index in [2.05, 4.69) is 22.4 Å². The Balaban J connectivity index is 2.08. The van der Waals surface area contributed by atoms with Crippen molar-refractivity contribution in [2.45, 2.75) is 26.3 Å². The molecule has 0 saturated carbocycles. The van der Waals surface area contributed by atoms with Crippen LogP contribution in [-0.4, -0.2) is 36.9 Å². The molecule has 1 N–H and O–H groups in total. The molecule has 0 saturated heterocycles. The third-order valence-electron chi connectivity index (χ3n) is 3.37. The summed E-state index contributed by atoms with van der Waals surface area (Å²) in [6, 6.07) is 6.04. The first-order chi connectivity index (χ1) is 11.2. The predicted molar refractivity (Wildman–Crippen MR) is 89.6 cm³/mol. The summed E-state index contributed by atoms with van der Waals surface area (Å²) in [6.45, 7) is 4.61. The van der Waals surface area contributed by atoms with Gasteiger partial charge in [-0.15, -0.1) is 0 Å². The molecular formula is C17H23N3O3. The van der Waals surface area contributed by atoms with Crippen LogP contribution in [0.1, 0.15) is 31.1 Å². The number of nitrogens with one attached hydrogen (secondary N) is 1. The van der Waals surface area contributed by atoms with E-state index in [0.29, 0.717) is 30.1 Å². The summed E-state index contributed by atoms with van der Waals surface area (Å²) in [5, 5.41) is 7.11. The zero-order valence-electron chi connectivity index (χ0n) is 14.0. The van der Waals surface area contributed by atoms with Gasteiger partial charge in [-0.1, -0.05) is 11.2 Å². The molecule has 1 aromatic carbocycles. The van der Waals surface area contributed by atoms with Crippen LogP contribution in [0.25, 0.3) is 12.2 Å². The lowest BCUT2D eigenvalue weighted by Gasteiger charge is -2.09. The average Bonchev–Trinajstić information content (AvgIpc) is 3.01. The monoisotopic (exact) mass is 317 g/mol. The van der Waals surface area contributed by atoms with E-state index in [1.54, 1.807) is 13.2 Å². The molecule has 124 valence electrons. The summed E-state index contributed by atoms with van der Waals surface area (Å²) in [5.41, 5.74) is 0.966. The molecular weight excluding hydrogens is 294 g/mol. The molecule has 0 bridgehead atoms. The second-order valence-electron chi connectivity index (χ2n) is 5.12. The fourth-order valence-electron chi connectivity index (χ4n) is 2.02. The number of hydrogen-bond donors (Lipinski definition) is 1. The van der Waals surface area contributed by atoms with Gasteiger partial charge < -0.3 is 19.3 Å². The Labute approximate surface area is 136 Å².